The summed E-state index contributed by atoms with van der Waals surface area (Å²) in [6.45, 7) is 3.70. The van der Waals surface area contributed by atoms with Crippen molar-refractivity contribution in [3.63, 3.8) is 0 Å². The summed E-state index contributed by atoms with van der Waals surface area (Å²) in [5.74, 6) is -0.512. The van der Waals surface area contributed by atoms with Crippen LogP contribution in [-0.4, -0.2) is 31.5 Å². The molecule has 2 atom stereocenters. The maximum Gasteiger partial charge on any atom is 0.337 e. The summed E-state index contributed by atoms with van der Waals surface area (Å²) in [6.07, 6.45) is 0.243. The monoisotopic (exact) mass is 412 g/mol. The molecule has 0 saturated carbocycles. The molecule has 0 fully saturated rings. The number of halogens is 1. The lowest BCUT2D eigenvalue weighted by molar-refractivity contribution is 0.0600. The van der Waals surface area contributed by atoms with Crippen molar-refractivity contribution in [3.05, 3.63) is 29.8 Å². The molecule has 0 aromatic heterocycles. The minimum atomic E-state index is -3.81. The van der Waals surface area contributed by atoms with E-state index in [0.717, 1.165) is 0 Å². The molecule has 1 unspecified atom stereocenters. The lowest BCUT2D eigenvalue weighted by Gasteiger charge is -2.14. The van der Waals surface area contributed by atoms with Gasteiger partial charge >= 0.3 is 5.97 Å². The SMILES string of the molecule is COC(=O)c1ccc(S(=O)(=O)O[C@@H](C)CC(C)I)cc1. The van der Waals surface area contributed by atoms with Crippen molar-refractivity contribution in [2.75, 3.05) is 7.11 Å². The normalized spacial score (nSPS) is 14.6. The van der Waals surface area contributed by atoms with E-state index in [9.17, 15) is 13.2 Å². The zero-order chi connectivity index (χ0) is 15.3. The van der Waals surface area contributed by atoms with E-state index < -0.39 is 22.2 Å². The van der Waals surface area contributed by atoms with Crippen LogP contribution in [-0.2, 0) is 19.0 Å². The molecule has 0 spiro atoms. The Balaban J connectivity index is 2.85. The predicted octanol–water partition coefficient (Wildman–Crippen LogP) is 2.78. The molecule has 0 aliphatic rings. The van der Waals surface area contributed by atoms with Crippen molar-refractivity contribution < 1.29 is 22.1 Å². The maximum absolute atomic E-state index is 12.0. The zero-order valence-electron chi connectivity index (χ0n) is 11.5. The van der Waals surface area contributed by atoms with E-state index in [1.807, 2.05) is 6.92 Å². The van der Waals surface area contributed by atoms with Crippen LogP contribution >= 0.6 is 22.6 Å². The molecule has 112 valence electrons. The zero-order valence-corrected chi connectivity index (χ0v) is 14.5. The van der Waals surface area contributed by atoms with Gasteiger partial charge in [-0.15, -0.1) is 0 Å². The van der Waals surface area contributed by atoms with Crippen LogP contribution in [0.2, 0.25) is 0 Å². The first-order chi connectivity index (χ1) is 9.26. The fourth-order valence-electron chi connectivity index (χ4n) is 1.64. The van der Waals surface area contributed by atoms with Gasteiger partial charge in [0, 0.05) is 3.92 Å². The summed E-state index contributed by atoms with van der Waals surface area (Å²) in [5.41, 5.74) is 0.292. The molecule has 1 aromatic rings. The summed E-state index contributed by atoms with van der Waals surface area (Å²) in [7, 11) is -2.54. The molecule has 0 aliphatic carbocycles. The Morgan fingerprint density at radius 1 is 1.25 bits per heavy atom. The van der Waals surface area contributed by atoms with Gasteiger partial charge in [0.1, 0.15) is 0 Å². The lowest BCUT2D eigenvalue weighted by atomic mass is 10.2. The van der Waals surface area contributed by atoms with Crippen molar-refractivity contribution in [3.8, 4) is 0 Å². The van der Waals surface area contributed by atoms with E-state index in [4.69, 9.17) is 4.18 Å². The first kappa shape index (κ1) is 17.4. The lowest BCUT2D eigenvalue weighted by Crippen LogP contribution is -2.18. The highest BCUT2D eigenvalue weighted by Crippen LogP contribution is 2.19. The smallest absolute Gasteiger partial charge is 0.337 e. The fourth-order valence-corrected chi connectivity index (χ4v) is 3.45. The minimum Gasteiger partial charge on any atom is -0.465 e. The molecule has 0 heterocycles. The van der Waals surface area contributed by atoms with Crippen molar-refractivity contribution in [2.24, 2.45) is 0 Å². The molecular weight excluding hydrogens is 395 g/mol. The third-order valence-electron chi connectivity index (χ3n) is 2.51. The summed E-state index contributed by atoms with van der Waals surface area (Å²) in [6, 6.07) is 5.46. The molecule has 0 saturated heterocycles. The molecule has 1 rings (SSSR count). The highest BCUT2D eigenvalue weighted by atomic mass is 127. The number of esters is 1. The van der Waals surface area contributed by atoms with Gasteiger partial charge < -0.3 is 4.74 Å². The number of benzene rings is 1. The Bertz CT molecular complexity index is 551. The molecule has 0 bridgehead atoms. The van der Waals surface area contributed by atoms with E-state index >= 15 is 0 Å². The van der Waals surface area contributed by atoms with Crippen molar-refractivity contribution in [1.29, 1.82) is 0 Å². The van der Waals surface area contributed by atoms with Gasteiger partial charge in [0.25, 0.3) is 10.1 Å². The summed E-state index contributed by atoms with van der Waals surface area (Å²) in [4.78, 5) is 11.3. The van der Waals surface area contributed by atoms with Gasteiger partial charge in [-0.1, -0.05) is 29.5 Å². The van der Waals surface area contributed by atoms with Crippen LogP contribution in [0.1, 0.15) is 30.6 Å². The number of methoxy groups -OCH3 is 1. The number of rotatable bonds is 6. The molecule has 0 radical (unpaired) electrons. The second kappa shape index (κ2) is 7.37. The number of hydrogen-bond acceptors (Lipinski definition) is 5. The van der Waals surface area contributed by atoms with Crippen LogP contribution in [0.4, 0.5) is 0 Å². The van der Waals surface area contributed by atoms with E-state index in [-0.39, 0.29) is 4.90 Å². The van der Waals surface area contributed by atoms with Gasteiger partial charge in [-0.2, -0.15) is 8.42 Å². The Morgan fingerprint density at radius 3 is 2.25 bits per heavy atom. The third kappa shape index (κ3) is 5.02. The minimum absolute atomic E-state index is 0.0260. The van der Waals surface area contributed by atoms with Crippen molar-refractivity contribution in [1.82, 2.24) is 0 Å². The van der Waals surface area contributed by atoms with E-state index in [1.54, 1.807) is 6.92 Å². The molecular formula is C13H17IO5S. The average Bonchev–Trinajstić information content (AvgIpc) is 2.36. The van der Waals surface area contributed by atoms with Crippen LogP contribution in [0.15, 0.2) is 29.2 Å². The number of ether oxygens (including phenoxy) is 1. The van der Waals surface area contributed by atoms with Crippen LogP contribution in [0.3, 0.4) is 0 Å². The first-order valence-corrected chi connectivity index (χ1v) is 8.67. The molecule has 7 heteroatoms. The second-order valence-electron chi connectivity index (χ2n) is 4.39. The van der Waals surface area contributed by atoms with Gasteiger partial charge in [-0.25, -0.2) is 4.79 Å². The van der Waals surface area contributed by atoms with E-state index in [1.165, 1.54) is 31.4 Å². The van der Waals surface area contributed by atoms with Crippen LogP contribution < -0.4 is 0 Å². The Labute approximate surface area is 132 Å². The largest absolute Gasteiger partial charge is 0.465 e. The van der Waals surface area contributed by atoms with Crippen LogP contribution in [0, 0.1) is 0 Å². The molecule has 0 aliphatic heterocycles. The van der Waals surface area contributed by atoms with Gasteiger partial charge in [0.05, 0.1) is 23.7 Å². The van der Waals surface area contributed by atoms with E-state index in [2.05, 4.69) is 27.3 Å². The maximum atomic E-state index is 12.0. The van der Waals surface area contributed by atoms with Gasteiger partial charge in [-0.3, -0.25) is 4.18 Å². The quantitative estimate of drug-likeness (QED) is 0.311. The number of carbonyl (C=O) groups excluding carboxylic acids is 1. The van der Waals surface area contributed by atoms with Crippen LogP contribution in [0.25, 0.3) is 0 Å². The topological polar surface area (TPSA) is 69.7 Å². The third-order valence-corrected chi connectivity index (χ3v) is 4.45. The first-order valence-electron chi connectivity index (χ1n) is 6.02. The average molecular weight is 412 g/mol. The molecule has 0 N–H and O–H groups in total. The molecule has 20 heavy (non-hydrogen) atoms. The molecule has 5 nitrogen and oxygen atoms in total. The number of alkyl halides is 1. The number of hydrogen-bond donors (Lipinski definition) is 0. The van der Waals surface area contributed by atoms with Crippen molar-refractivity contribution >= 4 is 38.7 Å². The van der Waals surface area contributed by atoms with E-state index in [0.29, 0.717) is 15.9 Å². The molecule has 1 aromatic carbocycles. The van der Waals surface area contributed by atoms with Gasteiger partial charge in [-0.05, 0) is 37.6 Å². The summed E-state index contributed by atoms with van der Waals surface area (Å²) < 4.78 is 34.0. The Morgan fingerprint density at radius 2 is 1.80 bits per heavy atom. The Hall–Kier alpha value is -0.670. The fraction of sp³-hybridized carbons (Fsp3) is 0.462. The predicted molar refractivity (Wildman–Crippen MR) is 83.6 cm³/mol. The standard InChI is InChI=1S/C13H17IO5S/c1-9(14)8-10(2)19-20(16,17)12-6-4-11(5-7-12)13(15)18-3/h4-7,9-10H,8H2,1-3H3/t9?,10-/m0/s1. The highest BCUT2D eigenvalue weighted by Gasteiger charge is 2.20. The number of carbonyl (C=O) groups is 1. The second-order valence-corrected chi connectivity index (χ2v) is 8.09. The summed E-state index contributed by atoms with van der Waals surface area (Å²) >= 11 is 2.21. The molecule has 0 amide bonds. The summed E-state index contributed by atoms with van der Waals surface area (Å²) in [5, 5.41) is 0. The highest BCUT2D eigenvalue weighted by molar-refractivity contribution is 14.1. The van der Waals surface area contributed by atoms with Gasteiger partial charge in [0.15, 0.2) is 0 Å². The van der Waals surface area contributed by atoms with Crippen LogP contribution in [0.5, 0.6) is 0 Å². The Kier molecular flexibility index (Phi) is 6.41. The van der Waals surface area contributed by atoms with Gasteiger partial charge in [0.2, 0.25) is 0 Å². The van der Waals surface area contributed by atoms with Crippen molar-refractivity contribution in [2.45, 2.75) is 35.2 Å².